The minimum absolute atomic E-state index is 0.0424. The Kier molecular flexibility index (Phi) is 8.16. The monoisotopic (exact) mass is 380 g/mol. The standard InChI is InChI=1S/C20H25ClO5/c1-3-12-25-19(23)18-13-17(14-7-9-15(21)10-8-14)16(6-5-11-22)20(26-18)24-4-2/h3,7-10,13,16-17,20,22H,1,4-6,11-12H2,2H3/t16-,17+,20+/m1/s1. The van der Waals surface area contributed by atoms with Crippen LogP contribution in [0, 0.1) is 5.92 Å². The van der Waals surface area contributed by atoms with Gasteiger partial charge in [-0.25, -0.2) is 4.79 Å². The molecule has 1 aliphatic heterocycles. The van der Waals surface area contributed by atoms with Gasteiger partial charge >= 0.3 is 5.97 Å². The van der Waals surface area contributed by atoms with Crippen LogP contribution in [0.15, 0.2) is 48.8 Å². The van der Waals surface area contributed by atoms with Gasteiger partial charge in [0.05, 0.1) is 0 Å². The molecule has 0 spiro atoms. The molecular weight excluding hydrogens is 356 g/mol. The molecule has 1 N–H and O–H groups in total. The molecule has 0 fully saturated rings. The Morgan fingerprint density at radius 2 is 2.12 bits per heavy atom. The van der Waals surface area contributed by atoms with E-state index in [4.69, 9.17) is 25.8 Å². The summed E-state index contributed by atoms with van der Waals surface area (Å²) in [4.78, 5) is 12.3. The number of halogens is 1. The number of aliphatic hydroxyl groups excluding tert-OH is 1. The molecule has 0 bridgehead atoms. The highest BCUT2D eigenvalue weighted by atomic mass is 35.5. The van der Waals surface area contributed by atoms with Gasteiger partial charge in [-0.3, -0.25) is 0 Å². The van der Waals surface area contributed by atoms with Crippen molar-refractivity contribution in [3.8, 4) is 0 Å². The molecule has 0 amide bonds. The highest BCUT2D eigenvalue weighted by Crippen LogP contribution is 2.39. The Bertz CT molecular complexity index is 626. The van der Waals surface area contributed by atoms with E-state index >= 15 is 0 Å². The second-order valence-corrected chi connectivity index (χ2v) is 6.40. The summed E-state index contributed by atoms with van der Waals surface area (Å²) in [5.41, 5.74) is 0.999. The summed E-state index contributed by atoms with van der Waals surface area (Å²) in [6.07, 6.45) is 3.99. The van der Waals surface area contributed by atoms with Gasteiger partial charge in [0.2, 0.25) is 12.0 Å². The molecule has 5 nitrogen and oxygen atoms in total. The Balaban J connectivity index is 2.36. The molecule has 3 atom stereocenters. The summed E-state index contributed by atoms with van der Waals surface area (Å²) in [5, 5.41) is 9.89. The van der Waals surface area contributed by atoms with Gasteiger partial charge in [0.15, 0.2) is 0 Å². The average Bonchev–Trinajstić information content (AvgIpc) is 2.65. The molecule has 1 aliphatic rings. The Labute approximate surface area is 159 Å². The quantitative estimate of drug-likeness (QED) is 0.521. The molecule has 26 heavy (non-hydrogen) atoms. The second kappa shape index (κ2) is 10.4. The zero-order chi connectivity index (χ0) is 18.9. The lowest BCUT2D eigenvalue weighted by molar-refractivity contribution is -0.175. The third-order valence-electron chi connectivity index (χ3n) is 4.20. The van der Waals surface area contributed by atoms with Crippen LogP contribution in [0.3, 0.4) is 0 Å². The summed E-state index contributed by atoms with van der Waals surface area (Å²) in [7, 11) is 0. The molecule has 1 aromatic carbocycles. The van der Waals surface area contributed by atoms with E-state index in [0.717, 1.165) is 5.56 Å². The first-order valence-electron chi connectivity index (χ1n) is 8.75. The second-order valence-electron chi connectivity index (χ2n) is 5.97. The molecule has 2 rings (SSSR count). The molecule has 6 heteroatoms. The van der Waals surface area contributed by atoms with Crippen molar-refractivity contribution in [1.29, 1.82) is 0 Å². The van der Waals surface area contributed by atoms with E-state index in [9.17, 15) is 9.90 Å². The zero-order valence-electron chi connectivity index (χ0n) is 14.9. The molecule has 142 valence electrons. The third kappa shape index (κ3) is 5.34. The maximum absolute atomic E-state index is 12.3. The van der Waals surface area contributed by atoms with Crippen molar-refractivity contribution in [2.45, 2.75) is 32.0 Å². The number of carbonyl (C=O) groups is 1. The molecule has 0 unspecified atom stereocenters. The van der Waals surface area contributed by atoms with Crippen LogP contribution in [0.25, 0.3) is 0 Å². The first-order valence-corrected chi connectivity index (χ1v) is 9.12. The SMILES string of the molecule is C=CCOC(=O)C1=C[C@@H](c2ccc(Cl)cc2)[C@@H](CCCO)[C@@H](OCC)O1. The molecule has 0 aliphatic carbocycles. The van der Waals surface area contributed by atoms with Crippen LogP contribution in [0.4, 0.5) is 0 Å². The van der Waals surface area contributed by atoms with Gasteiger partial charge in [0, 0.05) is 30.1 Å². The average molecular weight is 381 g/mol. The smallest absolute Gasteiger partial charge is 0.373 e. The van der Waals surface area contributed by atoms with E-state index in [1.165, 1.54) is 6.08 Å². The normalized spacial score (nSPS) is 22.3. The number of aliphatic hydroxyl groups is 1. The number of allylic oxidation sites excluding steroid dienone is 1. The lowest BCUT2D eigenvalue weighted by atomic mass is 9.80. The Morgan fingerprint density at radius 3 is 2.73 bits per heavy atom. The molecule has 0 saturated heterocycles. The largest absolute Gasteiger partial charge is 0.457 e. The van der Waals surface area contributed by atoms with Gasteiger partial charge in [-0.1, -0.05) is 36.4 Å². The van der Waals surface area contributed by atoms with Crippen molar-refractivity contribution in [3.05, 3.63) is 59.3 Å². The topological polar surface area (TPSA) is 65.0 Å². The summed E-state index contributed by atoms with van der Waals surface area (Å²) in [5.74, 6) is -0.575. The number of hydrogen-bond donors (Lipinski definition) is 1. The fourth-order valence-corrected chi connectivity index (χ4v) is 3.15. The Morgan fingerprint density at radius 1 is 1.38 bits per heavy atom. The molecule has 0 radical (unpaired) electrons. The molecule has 0 aromatic heterocycles. The maximum atomic E-state index is 12.3. The summed E-state index contributed by atoms with van der Waals surface area (Å²) in [6.45, 7) is 6.05. The number of ether oxygens (including phenoxy) is 3. The van der Waals surface area contributed by atoms with Gasteiger partial charge in [0.1, 0.15) is 6.61 Å². The van der Waals surface area contributed by atoms with E-state index in [0.29, 0.717) is 24.5 Å². The summed E-state index contributed by atoms with van der Waals surface area (Å²) in [6, 6.07) is 7.48. The minimum atomic E-state index is -0.594. The zero-order valence-corrected chi connectivity index (χ0v) is 15.7. The first kappa shape index (κ1) is 20.5. The van der Waals surface area contributed by atoms with E-state index in [1.54, 1.807) is 6.08 Å². The molecular formula is C20H25ClO5. The lowest BCUT2D eigenvalue weighted by Crippen LogP contribution is -2.36. The summed E-state index contributed by atoms with van der Waals surface area (Å²) >= 11 is 6.00. The van der Waals surface area contributed by atoms with Gasteiger partial charge in [-0.15, -0.1) is 0 Å². The summed E-state index contributed by atoms with van der Waals surface area (Å²) < 4.78 is 16.7. The van der Waals surface area contributed by atoms with Crippen LogP contribution >= 0.6 is 11.6 Å². The maximum Gasteiger partial charge on any atom is 0.373 e. The third-order valence-corrected chi connectivity index (χ3v) is 4.45. The van der Waals surface area contributed by atoms with E-state index in [2.05, 4.69) is 6.58 Å². The van der Waals surface area contributed by atoms with Crippen LogP contribution < -0.4 is 0 Å². The first-order chi connectivity index (χ1) is 12.6. The number of carbonyl (C=O) groups excluding carboxylic acids is 1. The predicted molar refractivity (Wildman–Crippen MR) is 99.7 cm³/mol. The highest BCUT2D eigenvalue weighted by molar-refractivity contribution is 6.30. The number of benzene rings is 1. The van der Waals surface area contributed by atoms with Crippen molar-refractivity contribution in [2.75, 3.05) is 19.8 Å². The fourth-order valence-electron chi connectivity index (χ4n) is 3.02. The molecule has 0 saturated carbocycles. The number of rotatable bonds is 9. The van der Waals surface area contributed by atoms with Gasteiger partial charge in [-0.2, -0.15) is 0 Å². The molecule has 1 heterocycles. The predicted octanol–water partition coefficient (Wildman–Crippen LogP) is 3.82. The van der Waals surface area contributed by atoms with E-state index in [-0.39, 0.29) is 30.8 Å². The lowest BCUT2D eigenvalue weighted by Gasteiger charge is -2.36. The van der Waals surface area contributed by atoms with Crippen molar-refractivity contribution in [3.63, 3.8) is 0 Å². The van der Waals surface area contributed by atoms with E-state index < -0.39 is 12.3 Å². The van der Waals surface area contributed by atoms with Gasteiger partial charge in [0.25, 0.3) is 0 Å². The van der Waals surface area contributed by atoms with Gasteiger partial charge in [-0.05, 0) is 43.5 Å². The minimum Gasteiger partial charge on any atom is -0.457 e. The van der Waals surface area contributed by atoms with Crippen LogP contribution in [-0.4, -0.2) is 37.2 Å². The van der Waals surface area contributed by atoms with Crippen molar-refractivity contribution in [1.82, 2.24) is 0 Å². The van der Waals surface area contributed by atoms with Crippen molar-refractivity contribution >= 4 is 17.6 Å². The highest BCUT2D eigenvalue weighted by Gasteiger charge is 2.38. The number of hydrogen-bond acceptors (Lipinski definition) is 5. The van der Waals surface area contributed by atoms with Crippen LogP contribution in [0.2, 0.25) is 5.02 Å². The number of esters is 1. The Hall–Kier alpha value is -1.82. The van der Waals surface area contributed by atoms with Crippen LogP contribution in [0.5, 0.6) is 0 Å². The van der Waals surface area contributed by atoms with Crippen molar-refractivity contribution in [2.24, 2.45) is 5.92 Å². The molecule has 1 aromatic rings. The van der Waals surface area contributed by atoms with Gasteiger partial charge < -0.3 is 19.3 Å². The van der Waals surface area contributed by atoms with Crippen molar-refractivity contribution < 1.29 is 24.1 Å². The van der Waals surface area contributed by atoms with Crippen LogP contribution in [0.1, 0.15) is 31.2 Å². The van der Waals surface area contributed by atoms with E-state index in [1.807, 2.05) is 31.2 Å². The fraction of sp³-hybridized carbons (Fsp3) is 0.450. The van der Waals surface area contributed by atoms with Crippen LogP contribution in [-0.2, 0) is 19.0 Å².